The lowest BCUT2D eigenvalue weighted by atomic mass is 9.78. The van der Waals surface area contributed by atoms with Gasteiger partial charge in [-0.3, -0.25) is 4.79 Å². The molecule has 2 saturated heterocycles. The summed E-state index contributed by atoms with van der Waals surface area (Å²) < 4.78 is 30.5. The second-order valence-corrected chi connectivity index (χ2v) is 7.95. The number of nitrogens with zero attached hydrogens (tertiary/aromatic N) is 2. The number of sulfonamides is 1. The molecule has 22 heavy (non-hydrogen) atoms. The number of hydrogen-bond donors (Lipinski definition) is 1. The highest BCUT2D eigenvalue weighted by Crippen LogP contribution is 2.32. The van der Waals surface area contributed by atoms with Gasteiger partial charge >= 0.3 is 0 Å². The largest absolute Gasteiger partial charge is 0.381 e. The van der Waals surface area contributed by atoms with Gasteiger partial charge in [-0.15, -0.1) is 12.4 Å². The Morgan fingerprint density at radius 2 is 1.73 bits per heavy atom. The molecule has 1 amide bonds. The molecule has 0 bridgehead atoms. The number of carbonyl (C=O) groups is 1. The van der Waals surface area contributed by atoms with E-state index in [1.54, 1.807) is 11.8 Å². The molecule has 0 atom stereocenters. The average Bonchev–Trinajstić information content (AvgIpc) is 2.55. The van der Waals surface area contributed by atoms with Crippen LogP contribution in [0, 0.1) is 5.41 Å². The van der Waals surface area contributed by atoms with E-state index in [1.807, 2.05) is 0 Å². The third kappa shape index (κ3) is 3.91. The van der Waals surface area contributed by atoms with E-state index in [-0.39, 0.29) is 24.1 Å². The molecule has 2 heterocycles. The summed E-state index contributed by atoms with van der Waals surface area (Å²) in [5.74, 6) is 0.159. The molecule has 0 saturated carbocycles. The normalized spacial score (nSPS) is 22.9. The Morgan fingerprint density at radius 3 is 2.18 bits per heavy atom. The molecule has 9 heteroatoms. The van der Waals surface area contributed by atoms with Crippen LogP contribution in [0.15, 0.2) is 0 Å². The van der Waals surface area contributed by atoms with Gasteiger partial charge in [-0.1, -0.05) is 0 Å². The first-order chi connectivity index (χ1) is 9.95. The highest BCUT2D eigenvalue weighted by atomic mass is 35.5. The molecule has 0 aromatic heterocycles. The van der Waals surface area contributed by atoms with Crippen LogP contribution in [-0.4, -0.2) is 75.2 Å². The maximum atomic E-state index is 12.8. The van der Waals surface area contributed by atoms with E-state index in [4.69, 9.17) is 10.5 Å². The summed E-state index contributed by atoms with van der Waals surface area (Å²) in [7, 11) is -3.17. The van der Waals surface area contributed by atoms with Crippen LogP contribution in [0.1, 0.15) is 19.8 Å². The first-order valence-corrected chi connectivity index (χ1v) is 9.11. The van der Waals surface area contributed by atoms with Crippen molar-refractivity contribution in [2.75, 3.05) is 51.7 Å². The van der Waals surface area contributed by atoms with Crippen LogP contribution in [0.4, 0.5) is 0 Å². The number of carbonyl (C=O) groups excluding carboxylic acids is 1. The second kappa shape index (κ2) is 7.92. The van der Waals surface area contributed by atoms with Crippen molar-refractivity contribution in [3.63, 3.8) is 0 Å². The summed E-state index contributed by atoms with van der Waals surface area (Å²) >= 11 is 0. The molecule has 2 aliphatic rings. The molecule has 2 rings (SSSR count). The molecular formula is C13H26ClN3O4S. The molecule has 2 N–H and O–H groups in total. The number of piperazine rings is 1. The van der Waals surface area contributed by atoms with Crippen LogP contribution in [0.25, 0.3) is 0 Å². The van der Waals surface area contributed by atoms with Crippen molar-refractivity contribution >= 4 is 28.3 Å². The summed E-state index contributed by atoms with van der Waals surface area (Å²) in [5.41, 5.74) is 5.33. The molecule has 2 aliphatic heterocycles. The first kappa shape index (κ1) is 19.6. The lowest BCUT2D eigenvalue weighted by Gasteiger charge is -2.41. The summed E-state index contributed by atoms with van der Waals surface area (Å²) in [4.78, 5) is 14.5. The van der Waals surface area contributed by atoms with Crippen molar-refractivity contribution in [2.24, 2.45) is 11.1 Å². The van der Waals surface area contributed by atoms with E-state index in [0.717, 1.165) is 0 Å². The Morgan fingerprint density at radius 1 is 1.18 bits per heavy atom. The van der Waals surface area contributed by atoms with E-state index in [0.29, 0.717) is 58.8 Å². The fourth-order valence-corrected chi connectivity index (χ4v) is 4.04. The van der Waals surface area contributed by atoms with Crippen molar-refractivity contribution < 1.29 is 17.9 Å². The van der Waals surface area contributed by atoms with E-state index in [1.165, 1.54) is 4.31 Å². The molecular weight excluding hydrogens is 330 g/mol. The zero-order valence-corrected chi connectivity index (χ0v) is 14.6. The van der Waals surface area contributed by atoms with E-state index in [2.05, 4.69) is 0 Å². The fraction of sp³-hybridized carbons (Fsp3) is 0.923. The second-order valence-electron chi connectivity index (χ2n) is 5.69. The van der Waals surface area contributed by atoms with Gasteiger partial charge in [0.25, 0.3) is 0 Å². The Bertz CT molecular complexity index is 472. The van der Waals surface area contributed by atoms with E-state index in [9.17, 15) is 13.2 Å². The Balaban J connectivity index is 0.00000242. The van der Waals surface area contributed by atoms with Gasteiger partial charge in [-0.25, -0.2) is 8.42 Å². The molecule has 0 aromatic rings. The third-order valence-electron chi connectivity index (χ3n) is 4.58. The zero-order chi connectivity index (χ0) is 15.5. The van der Waals surface area contributed by atoms with Crippen LogP contribution in [0.3, 0.4) is 0 Å². The molecule has 130 valence electrons. The average molecular weight is 356 g/mol. The first-order valence-electron chi connectivity index (χ1n) is 7.50. The number of rotatable bonds is 4. The van der Waals surface area contributed by atoms with E-state index < -0.39 is 15.4 Å². The van der Waals surface area contributed by atoms with Crippen LogP contribution in [0.5, 0.6) is 0 Å². The van der Waals surface area contributed by atoms with Crippen molar-refractivity contribution in [1.82, 2.24) is 9.21 Å². The third-order valence-corrected chi connectivity index (χ3v) is 6.46. The minimum Gasteiger partial charge on any atom is -0.381 e. The fourth-order valence-electron chi connectivity index (χ4n) is 2.95. The number of hydrogen-bond acceptors (Lipinski definition) is 5. The molecule has 2 fully saturated rings. The number of ether oxygens (including phenoxy) is 1. The van der Waals surface area contributed by atoms with Gasteiger partial charge in [0.05, 0.1) is 11.2 Å². The number of amides is 1. The maximum Gasteiger partial charge on any atom is 0.230 e. The summed E-state index contributed by atoms with van der Waals surface area (Å²) in [6.07, 6.45) is 1.30. The van der Waals surface area contributed by atoms with Gasteiger partial charge in [0, 0.05) is 45.9 Å². The predicted molar refractivity (Wildman–Crippen MR) is 86.4 cm³/mol. The molecule has 0 radical (unpaired) electrons. The van der Waals surface area contributed by atoms with Crippen molar-refractivity contribution in [2.45, 2.75) is 19.8 Å². The highest BCUT2D eigenvalue weighted by molar-refractivity contribution is 7.89. The van der Waals surface area contributed by atoms with E-state index >= 15 is 0 Å². The summed E-state index contributed by atoms with van der Waals surface area (Å²) in [5, 5.41) is 0. The lowest BCUT2D eigenvalue weighted by molar-refractivity contribution is -0.148. The monoisotopic (exact) mass is 355 g/mol. The topological polar surface area (TPSA) is 92.9 Å². The molecule has 0 aliphatic carbocycles. The minimum atomic E-state index is -3.17. The summed E-state index contributed by atoms with van der Waals surface area (Å²) in [6.45, 7) is 4.72. The van der Waals surface area contributed by atoms with Gasteiger partial charge in [0.1, 0.15) is 0 Å². The summed E-state index contributed by atoms with van der Waals surface area (Å²) in [6, 6.07) is 0. The van der Waals surface area contributed by atoms with Gasteiger partial charge in [-0.05, 0) is 19.8 Å². The lowest BCUT2D eigenvalue weighted by Crippen LogP contribution is -2.57. The number of halogens is 1. The van der Waals surface area contributed by atoms with Crippen LogP contribution in [-0.2, 0) is 19.6 Å². The SMILES string of the molecule is CCS(=O)(=O)N1CCN(C(=O)C2(CN)CCOCC2)CC1.Cl. The number of nitrogens with two attached hydrogens (primary N) is 1. The Hall–Kier alpha value is -0.410. The Labute approximate surface area is 138 Å². The van der Waals surface area contributed by atoms with Gasteiger partial charge in [0.15, 0.2) is 0 Å². The Kier molecular flexibility index (Phi) is 7.07. The standard InChI is InChI=1S/C13H25N3O4S.ClH/c1-2-21(18,19)16-7-5-15(6-8-16)12(17)13(11-14)3-9-20-10-4-13;/h2-11,14H2,1H3;1H. The molecule has 7 nitrogen and oxygen atoms in total. The van der Waals surface area contributed by atoms with Crippen molar-refractivity contribution in [3.05, 3.63) is 0 Å². The van der Waals surface area contributed by atoms with Crippen LogP contribution in [0.2, 0.25) is 0 Å². The highest BCUT2D eigenvalue weighted by Gasteiger charge is 2.42. The van der Waals surface area contributed by atoms with Gasteiger partial charge < -0.3 is 15.4 Å². The molecule has 0 spiro atoms. The van der Waals surface area contributed by atoms with Crippen LogP contribution >= 0.6 is 12.4 Å². The quantitative estimate of drug-likeness (QED) is 0.744. The molecule has 0 unspecified atom stereocenters. The van der Waals surface area contributed by atoms with Gasteiger partial charge in [-0.2, -0.15) is 4.31 Å². The smallest absolute Gasteiger partial charge is 0.230 e. The zero-order valence-electron chi connectivity index (χ0n) is 13.0. The molecule has 0 aromatic carbocycles. The van der Waals surface area contributed by atoms with Gasteiger partial charge in [0.2, 0.25) is 15.9 Å². The van der Waals surface area contributed by atoms with Crippen LogP contribution < -0.4 is 5.73 Å². The predicted octanol–water partition coefficient (Wildman–Crippen LogP) is -0.342. The van der Waals surface area contributed by atoms with Crippen molar-refractivity contribution in [1.29, 1.82) is 0 Å². The van der Waals surface area contributed by atoms with Crippen molar-refractivity contribution in [3.8, 4) is 0 Å². The maximum absolute atomic E-state index is 12.8. The minimum absolute atomic E-state index is 0.